The van der Waals surface area contributed by atoms with Gasteiger partial charge in [0.1, 0.15) is 0 Å². The van der Waals surface area contributed by atoms with Crippen LogP contribution in [0.2, 0.25) is 0 Å². The Hall–Kier alpha value is -1.83. The maximum atomic E-state index is 11.7. The molecular weight excluding hydrogens is 294 g/mol. The highest BCUT2D eigenvalue weighted by Crippen LogP contribution is 2.31. The lowest BCUT2D eigenvalue weighted by molar-refractivity contribution is -0.148. The van der Waals surface area contributed by atoms with Crippen LogP contribution in [0, 0.1) is 5.92 Å². The van der Waals surface area contributed by atoms with E-state index in [1.165, 1.54) is 7.11 Å². The van der Waals surface area contributed by atoms with Gasteiger partial charge in [0.05, 0.1) is 19.6 Å². The van der Waals surface area contributed by atoms with Gasteiger partial charge in [0.25, 0.3) is 0 Å². The molecule has 1 saturated heterocycles. The fourth-order valence-electron chi connectivity index (χ4n) is 2.36. The highest BCUT2D eigenvalue weighted by Gasteiger charge is 2.30. The maximum absolute atomic E-state index is 11.7. The normalized spacial score (nSPS) is 15.8. The van der Waals surface area contributed by atoms with Gasteiger partial charge in [0, 0.05) is 13.1 Å². The van der Waals surface area contributed by atoms with E-state index in [1.807, 2.05) is 4.90 Å². The van der Waals surface area contributed by atoms with Crippen LogP contribution >= 0.6 is 11.3 Å². The van der Waals surface area contributed by atoms with E-state index in [4.69, 9.17) is 15.2 Å². The van der Waals surface area contributed by atoms with Crippen molar-refractivity contribution in [3.8, 4) is 0 Å². The second kappa shape index (κ2) is 6.75. The smallest absolute Gasteiger partial charge is 0.352 e. The number of ether oxygens (including phenoxy) is 2. The largest absolute Gasteiger partial charge is 0.466 e. The van der Waals surface area contributed by atoms with Crippen LogP contribution in [0.15, 0.2) is 0 Å². The number of carbonyl (C=O) groups excluding carboxylic acids is 2. The predicted molar refractivity (Wildman–Crippen MR) is 79.4 cm³/mol. The number of esters is 2. The van der Waals surface area contributed by atoms with E-state index in [1.54, 1.807) is 6.92 Å². The number of aromatic nitrogens is 1. The van der Waals surface area contributed by atoms with Crippen molar-refractivity contribution in [3.63, 3.8) is 0 Å². The van der Waals surface area contributed by atoms with Crippen LogP contribution in [-0.4, -0.2) is 43.7 Å². The molecule has 0 saturated carbocycles. The topological polar surface area (TPSA) is 94.8 Å². The molecule has 0 aromatic carbocycles. The van der Waals surface area contributed by atoms with Crippen LogP contribution in [0.1, 0.15) is 29.4 Å². The summed E-state index contributed by atoms with van der Waals surface area (Å²) in [6.45, 7) is 3.47. The number of hydrogen-bond acceptors (Lipinski definition) is 8. The molecule has 1 aliphatic heterocycles. The third-order valence-corrected chi connectivity index (χ3v) is 4.26. The first-order chi connectivity index (χ1) is 10.1. The molecule has 1 fully saturated rings. The average Bonchev–Trinajstić information content (AvgIpc) is 2.89. The lowest BCUT2D eigenvalue weighted by atomic mass is 9.97. The molecule has 1 aliphatic rings. The molecule has 0 aliphatic carbocycles. The molecule has 0 unspecified atom stereocenters. The van der Waals surface area contributed by atoms with Crippen LogP contribution in [0.3, 0.4) is 0 Å². The second-order valence-electron chi connectivity index (χ2n) is 4.71. The third kappa shape index (κ3) is 3.44. The number of anilines is 2. The van der Waals surface area contributed by atoms with Gasteiger partial charge in [0.2, 0.25) is 0 Å². The molecule has 2 rings (SSSR count). The fraction of sp³-hybridized carbons (Fsp3) is 0.615. The van der Waals surface area contributed by atoms with Gasteiger partial charge in [-0.15, -0.1) is 0 Å². The van der Waals surface area contributed by atoms with Gasteiger partial charge in [-0.05, 0) is 19.8 Å². The first-order valence-electron chi connectivity index (χ1n) is 6.83. The summed E-state index contributed by atoms with van der Waals surface area (Å²) in [5, 5.41) is 0.331. The number of nitrogens with two attached hydrogens (primary N) is 1. The molecule has 21 heavy (non-hydrogen) atoms. The Morgan fingerprint density at radius 1 is 1.43 bits per heavy atom. The van der Waals surface area contributed by atoms with Crippen molar-refractivity contribution in [2.45, 2.75) is 19.8 Å². The summed E-state index contributed by atoms with van der Waals surface area (Å²) in [7, 11) is 1.33. The quantitative estimate of drug-likeness (QED) is 0.837. The molecule has 2 heterocycles. The monoisotopic (exact) mass is 313 g/mol. The zero-order valence-electron chi connectivity index (χ0n) is 12.1. The van der Waals surface area contributed by atoms with Crippen LogP contribution in [0.4, 0.5) is 10.9 Å². The Morgan fingerprint density at radius 2 is 2.10 bits per heavy atom. The Balaban J connectivity index is 2.05. The molecule has 2 N–H and O–H groups in total. The van der Waals surface area contributed by atoms with Crippen LogP contribution in [0.5, 0.6) is 0 Å². The number of rotatable bonds is 4. The number of nitrogen functional groups attached to an aromatic ring is 1. The number of hydrogen-bond donors (Lipinski definition) is 1. The molecule has 0 atom stereocenters. The lowest BCUT2D eigenvalue weighted by Gasteiger charge is -2.31. The van der Waals surface area contributed by atoms with Gasteiger partial charge in [-0.1, -0.05) is 11.3 Å². The Kier molecular flexibility index (Phi) is 5.00. The van der Waals surface area contributed by atoms with E-state index in [0.717, 1.165) is 11.3 Å². The summed E-state index contributed by atoms with van der Waals surface area (Å²) < 4.78 is 9.79. The van der Waals surface area contributed by atoms with Crippen LogP contribution < -0.4 is 10.6 Å². The third-order valence-electron chi connectivity index (χ3n) is 3.41. The van der Waals surface area contributed by atoms with Crippen molar-refractivity contribution in [1.29, 1.82) is 0 Å². The molecule has 1 aromatic rings. The molecule has 7 nitrogen and oxygen atoms in total. The molecular formula is C13H19N3O4S. The van der Waals surface area contributed by atoms with Gasteiger partial charge >= 0.3 is 11.9 Å². The van der Waals surface area contributed by atoms with Crippen LogP contribution in [-0.2, 0) is 14.3 Å². The summed E-state index contributed by atoms with van der Waals surface area (Å²) in [4.78, 5) is 30.0. The number of piperidine rings is 1. The molecule has 8 heteroatoms. The number of methoxy groups -OCH3 is 1. The standard InChI is InChI=1S/C13H19N3O4S/c1-3-20-11(17)8-4-6-16(7-5-8)10-9(12(18)19-2)21-13(14)15-10/h8H,3-7H2,1-2H3,(H2,14,15). The molecule has 0 bridgehead atoms. The van der Waals surface area contributed by atoms with Crippen molar-refractivity contribution in [3.05, 3.63) is 4.88 Å². The molecule has 0 spiro atoms. The highest BCUT2D eigenvalue weighted by atomic mass is 32.1. The maximum Gasteiger partial charge on any atom is 0.352 e. The van der Waals surface area contributed by atoms with Gasteiger partial charge in [-0.2, -0.15) is 0 Å². The van der Waals surface area contributed by atoms with Crippen molar-refractivity contribution in [2.75, 3.05) is 37.4 Å². The summed E-state index contributed by atoms with van der Waals surface area (Å²) in [6.07, 6.45) is 1.35. The van der Waals surface area contributed by atoms with Crippen molar-refractivity contribution in [2.24, 2.45) is 5.92 Å². The number of carbonyl (C=O) groups is 2. The van der Waals surface area contributed by atoms with Crippen LogP contribution in [0.25, 0.3) is 0 Å². The molecule has 116 valence electrons. The Labute approximate surface area is 127 Å². The lowest BCUT2D eigenvalue weighted by Crippen LogP contribution is -2.37. The van der Waals surface area contributed by atoms with Crippen molar-refractivity contribution < 1.29 is 19.1 Å². The summed E-state index contributed by atoms with van der Waals surface area (Å²) in [5.41, 5.74) is 5.69. The predicted octanol–water partition coefficient (Wildman–Crippen LogP) is 1.29. The summed E-state index contributed by atoms with van der Waals surface area (Å²) in [5.74, 6) is -0.125. The minimum absolute atomic E-state index is 0.0845. The van der Waals surface area contributed by atoms with E-state index >= 15 is 0 Å². The van der Waals surface area contributed by atoms with Gasteiger partial charge in [-0.25, -0.2) is 9.78 Å². The van der Waals surface area contributed by atoms with E-state index in [-0.39, 0.29) is 11.9 Å². The van der Waals surface area contributed by atoms with Crippen molar-refractivity contribution >= 4 is 34.2 Å². The van der Waals surface area contributed by atoms with E-state index < -0.39 is 5.97 Å². The first-order valence-corrected chi connectivity index (χ1v) is 7.64. The minimum atomic E-state index is -0.438. The van der Waals surface area contributed by atoms with Gasteiger partial charge < -0.3 is 20.1 Å². The number of nitrogens with zero attached hydrogens (tertiary/aromatic N) is 2. The summed E-state index contributed by atoms with van der Waals surface area (Å²) >= 11 is 1.11. The highest BCUT2D eigenvalue weighted by molar-refractivity contribution is 7.17. The first kappa shape index (κ1) is 15.6. The molecule has 0 radical (unpaired) electrons. The van der Waals surface area contributed by atoms with Crippen molar-refractivity contribution in [1.82, 2.24) is 4.98 Å². The Bertz CT molecular complexity index is 523. The minimum Gasteiger partial charge on any atom is -0.466 e. The van der Waals surface area contributed by atoms with Gasteiger partial charge in [-0.3, -0.25) is 4.79 Å². The van der Waals surface area contributed by atoms with Gasteiger partial charge in [0.15, 0.2) is 15.8 Å². The Morgan fingerprint density at radius 3 is 2.67 bits per heavy atom. The molecule has 1 aromatic heterocycles. The van der Waals surface area contributed by atoms with E-state index in [0.29, 0.717) is 48.4 Å². The van der Waals surface area contributed by atoms with E-state index in [9.17, 15) is 9.59 Å². The average molecular weight is 313 g/mol. The van der Waals surface area contributed by atoms with E-state index in [2.05, 4.69) is 4.98 Å². The zero-order valence-corrected chi connectivity index (χ0v) is 12.9. The SMILES string of the molecule is CCOC(=O)C1CCN(c2nc(N)sc2C(=O)OC)CC1. The number of thiazole rings is 1. The second-order valence-corrected chi connectivity index (χ2v) is 5.74. The molecule has 0 amide bonds. The summed E-state index contributed by atoms with van der Waals surface area (Å²) in [6, 6.07) is 0. The zero-order chi connectivity index (χ0) is 15.4. The fourth-order valence-corrected chi connectivity index (χ4v) is 3.13.